The minimum Gasteiger partial charge on any atom is -0.598 e. The van der Waals surface area contributed by atoms with Crippen molar-refractivity contribution < 1.29 is 13.3 Å². The van der Waals surface area contributed by atoms with Crippen molar-refractivity contribution in [1.82, 2.24) is 4.72 Å². The van der Waals surface area contributed by atoms with Crippen LogP contribution in [0, 0.1) is 0 Å². The summed E-state index contributed by atoms with van der Waals surface area (Å²) in [4.78, 5) is 0. The topological polar surface area (TPSA) is 35.1 Å². The Morgan fingerprint density at radius 3 is 2.11 bits per heavy atom. The van der Waals surface area contributed by atoms with E-state index in [2.05, 4.69) is 20.7 Å². The molecule has 0 aliphatic rings. The van der Waals surface area contributed by atoms with Crippen molar-refractivity contribution in [3.05, 3.63) is 34.3 Å². The van der Waals surface area contributed by atoms with Crippen LogP contribution in [0.25, 0.3) is 0 Å². The molecule has 1 aromatic carbocycles. The van der Waals surface area contributed by atoms with Crippen LogP contribution in [0.4, 0.5) is 8.78 Å². The van der Waals surface area contributed by atoms with Gasteiger partial charge >= 0.3 is 0 Å². The van der Waals surface area contributed by atoms with Crippen molar-refractivity contribution in [3.63, 3.8) is 0 Å². The van der Waals surface area contributed by atoms with E-state index in [9.17, 15) is 13.3 Å². The largest absolute Gasteiger partial charge is 0.598 e. The van der Waals surface area contributed by atoms with Gasteiger partial charge in [0.25, 0.3) is 6.43 Å². The Bertz CT molecular complexity index is 381. The zero-order valence-electron chi connectivity index (χ0n) is 10.4. The predicted molar refractivity (Wildman–Crippen MR) is 73.9 cm³/mol. The summed E-state index contributed by atoms with van der Waals surface area (Å²) in [5.41, 5.74) is 0.422. The van der Waals surface area contributed by atoms with Crippen molar-refractivity contribution in [2.24, 2.45) is 0 Å². The molecular weight excluding hydrogens is 324 g/mol. The number of nitrogens with one attached hydrogen (secondary N) is 1. The number of benzene rings is 1. The molecule has 1 unspecified atom stereocenters. The second kappa shape index (κ2) is 6.32. The first-order valence-corrected chi connectivity index (χ1v) is 7.38. The second-order valence-corrected chi connectivity index (χ2v) is 7.78. The van der Waals surface area contributed by atoms with Crippen LogP contribution in [0.3, 0.4) is 0 Å². The van der Waals surface area contributed by atoms with Crippen LogP contribution < -0.4 is 4.72 Å². The average molecular weight is 340 g/mol. The molecule has 1 rings (SSSR count). The standard InChI is InChI=1S/C12H16BrF2NOS/c1-12(2,3)18(17)16-10(11(14)15)8-4-6-9(13)7-5-8/h4-7,10-11,16H,1-3H3/t10?,18-/m0/s1. The summed E-state index contributed by atoms with van der Waals surface area (Å²) in [7, 11) is 0. The zero-order valence-corrected chi connectivity index (χ0v) is 12.8. The molecule has 2 atom stereocenters. The van der Waals surface area contributed by atoms with E-state index >= 15 is 0 Å². The Balaban J connectivity index is 2.87. The monoisotopic (exact) mass is 339 g/mol. The summed E-state index contributed by atoms with van der Waals surface area (Å²) >= 11 is 1.71. The van der Waals surface area contributed by atoms with E-state index in [0.717, 1.165) is 4.47 Å². The zero-order chi connectivity index (χ0) is 13.9. The molecule has 0 aliphatic carbocycles. The molecule has 102 valence electrons. The molecule has 0 radical (unpaired) electrons. The maximum atomic E-state index is 13.0. The van der Waals surface area contributed by atoms with Gasteiger partial charge in [-0.25, -0.2) is 8.78 Å². The molecule has 0 aromatic heterocycles. The highest BCUT2D eigenvalue weighted by atomic mass is 79.9. The van der Waals surface area contributed by atoms with E-state index in [1.807, 2.05) is 0 Å². The summed E-state index contributed by atoms with van der Waals surface area (Å²) in [5, 5.41) is 0. The van der Waals surface area contributed by atoms with Crippen LogP contribution in [0.1, 0.15) is 32.4 Å². The molecule has 0 saturated heterocycles. The van der Waals surface area contributed by atoms with Crippen molar-refractivity contribution in [2.75, 3.05) is 0 Å². The molecule has 2 nitrogen and oxygen atoms in total. The molecule has 18 heavy (non-hydrogen) atoms. The fraction of sp³-hybridized carbons (Fsp3) is 0.500. The van der Waals surface area contributed by atoms with Crippen LogP contribution in [0.5, 0.6) is 0 Å². The van der Waals surface area contributed by atoms with E-state index in [0.29, 0.717) is 5.56 Å². The van der Waals surface area contributed by atoms with Crippen LogP contribution in [0.2, 0.25) is 0 Å². The van der Waals surface area contributed by atoms with E-state index in [1.54, 1.807) is 45.0 Å². The van der Waals surface area contributed by atoms with E-state index < -0.39 is 28.6 Å². The highest BCUT2D eigenvalue weighted by molar-refractivity contribution is 9.10. The lowest BCUT2D eigenvalue weighted by Crippen LogP contribution is -2.43. The Kier molecular flexibility index (Phi) is 5.58. The Morgan fingerprint density at radius 2 is 1.72 bits per heavy atom. The number of hydrogen-bond acceptors (Lipinski definition) is 2. The van der Waals surface area contributed by atoms with Gasteiger partial charge < -0.3 is 4.55 Å². The first-order valence-electron chi connectivity index (χ1n) is 5.43. The maximum Gasteiger partial charge on any atom is 0.262 e. The number of hydrogen-bond donors (Lipinski definition) is 1. The summed E-state index contributed by atoms with van der Waals surface area (Å²) in [6, 6.07) is 5.33. The molecule has 0 spiro atoms. The van der Waals surface area contributed by atoms with E-state index in [1.165, 1.54) is 0 Å². The SMILES string of the molecule is CC(C)(C)[S@+]([O-])NC(c1ccc(Br)cc1)C(F)F. The summed E-state index contributed by atoms with van der Waals surface area (Å²) in [5.74, 6) is 0. The van der Waals surface area contributed by atoms with Gasteiger partial charge in [-0.1, -0.05) is 28.1 Å². The molecule has 0 fully saturated rings. The average Bonchev–Trinajstić information content (AvgIpc) is 2.25. The van der Waals surface area contributed by atoms with Gasteiger partial charge in [0.15, 0.2) is 0 Å². The smallest absolute Gasteiger partial charge is 0.262 e. The Morgan fingerprint density at radius 1 is 1.22 bits per heavy atom. The van der Waals surface area contributed by atoms with E-state index in [4.69, 9.17) is 0 Å². The quantitative estimate of drug-likeness (QED) is 0.846. The Hall–Kier alpha value is -0.170. The number of halogens is 3. The van der Waals surface area contributed by atoms with Crippen LogP contribution in [-0.4, -0.2) is 15.7 Å². The van der Waals surface area contributed by atoms with Gasteiger partial charge in [-0.3, -0.25) is 0 Å². The summed E-state index contributed by atoms with van der Waals surface area (Å²) < 4.78 is 40.7. The molecular formula is C12H16BrF2NOS. The van der Waals surface area contributed by atoms with Gasteiger partial charge in [0.1, 0.15) is 10.8 Å². The lowest BCUT2D eigenvalue weighted by atomic mass is 10.1. The highest BCUT2D eigenvalue weighted by Gasteiger charge is 2.33. The third-order valence-corrected chi connectivity index (χ3v) is 4.38. The molecule has 0 heterocycles. The van der Waals surface area contributed by atoms with Crippen molar-refractivity contribution in [1.29, 1.82) is 0 Å². The normalized spacial score (nSPS) is 15.8. The van der Waals surface area contributed by atoms with Crippen molar-refractivity contribution in [3.8, 4) is 0 Å². The molecule has 1 aromatic rings. The van der Waals surface area contributed by atoms with Crippen molar-refractivity contribution in [2.45, 2.75) is 38.0 Å². The van der Waals surface area contributed by atoms with Gasteiger partial charge in [-0.05, 0) is 38.5 Å². The molecule has 0 amide bonds. The summed E-state index contributed by atoms with van der Waals surface area (Å²) in [6.45, 7) is 5.21. The molecule has 1 N–H and O–H groups in total. The molecule has 6 heteroatoms. The lowest BCUT2D eigenvalue weighted by molar-refractivity contribution is 0.109. The Labute approximate surface area is 118 Å². The van der Waals surface area contributed by atoms with Gasteiger partial charge in [0.2, 0.25) is 0 Å². The van der Waals surface area contributed by atoms with Crippen LogP contribution in [0.15, 0.2) is 28.7 Å². The lowest BCUT2D eigenvalue weighted by Gasteiger charge is -2.27. The first-order chi connectivity index (χ1) is 8.21. The maximum absolute atomic E-state index is 13.0. The highest BCUT2D eigenvalue weighted by Crippen LogP contribution is 2.26. The van der Waals surface area contributed by atoms with Crippen molar-refractivity contribution >= 4 is 27.3 Å². The third kappa shape index (κ3) is 4.50. The number of rotatable bonds is 4. The minimum atomic E-state index is -2.61. The number of alkyl halides is 2. The third-order valence-electron chi connectivity index (χ3n) is 2.27. The first kappa shape index (κ1) is 15.9. The summed E-state index contributed by atoms with van der Waals surface area (Å²) in [6.07, 6.45) is -2.61. The van der Waals surface area contributed by atoms with Gasteiger partial charge in [-0.2, -0.15) is 0 Å². The molecule has 0 bridgehead atoms. The minimum absolute atomic E-state index is 0.422. The second-order valence-electron chi connectivity index (χ2n) is 4.86. The molecule has 0 saturated carbocycles. The van der Waals surface area contributed by atoms with E-state index in [-0.39, 0.29) is 0 Å². The molecule has 0 aliphatic heterocycles. The van der Waals surface area contributed by atoms with Gasteiger partial charge in [-0.15, -0.1) is 4.72 Å². The van der Waals surface area contributed by atoms with Crippen LogP contribution >= 0.6 is 15.9 Å². The van der Waals surface area contributed by atoms with Crippen LogP contribution in [-0.2, 0) is 11.4 Å². The fourth-order valence-corrected chi connectivity index (χ4v) is 2.31. The van der Waals surface area contributed by atoms with Gasteiger partial charge in [0.05, 0.1) is 0 Å². The van der Waals surface area contributed by atoms with Gasteiger partial charge in [0, 0.05) is 15.8 Å². The fourth-order valence-electron chi connectivity index (χ4n) is 1.23. The predicted octanol–water partition coefficient (Wildman–Crippen LogP) is 3.81.